The van der Waals surface area contributed by atoms with Crippen molar-refractivity contribution in [2.24, 2.45) is 0 Å². The summed E-state index contributed by atoms with van der Waals surface area (Å²) in [6.07, 6.45) is 0. The maximum absolute atomic E-state index is 12.0. The Morgan fingerprint density at radius 2 is 1.92 bits per heavy atom. The van der Waals surface area contributed by atoms with Crippen molar-refractivity contribution in [3.8, 4) is 11.5 Å². The molecule has 2 aromatic carbocycles. The van der Waals surface area contributed by atoms with E-state index in [0.717, 1.165) is 11.1 Å². The number of carbonyl (C=O) groups excluding carboxylic acids is 1. The molecule has 0 bridgehead atoms. The number of rotatable bonds is 6. The highest BCUT2D eigenvalue weighted by Crippen LogP contribution is 2.28. The lowest BCUT2D eigenvalue weighted by Gasteiger charge is -2.06. The third-order valence-corrected chi connectivity index (χ3v) is 4.72. The highest BCUT2D eigenvalue weighted by molar-refractivity contribution is 7.99. The number of amides is 1. The maximum Gasteiger partial charge on any atom is 0.277 e. The zero-order valence-electron chi connectivity index (χ0n) is 13.5. The average molecular weight is 374 g/mol. The molecule has 1 aromatic heterocycles. The van der Waals surface area contributed by atoms with E-state index in [4.69, 9.17) is 16.0 Å². The first-order chi connectivity index (χ1) is 12.1. The Morgan fingerprint density at radius 1 is 1.16 bits per heavy atom. The van der Waals surface area contributed by atoms with Gasteiger partial charge in [-0.05, 0) is 30.2 Å². The van der Waals surface area contributed by atoms with Crippen molar-refractivity contribution in [3.63, 3.8) is 0 Å². The highest BCUT2D eigenvalue weighted by Gasteiger charge is 2.13. The van der Waals surface area contributed by atoms with E-state index in [1.165, 1.54) is 11.8 Å². The molecule has 25 heavy (non-hydrogen) atoms. The van der Waals surface area contributed by atoms with Crippen LogP contribution in [0, 0.1) is 6.92 Å². The van der Waals surface area contributed by atoms with E-state index in [1.807, 2.05) is 43.3 Å². The number of aromatic nitrogens is 2. The maximum atomic E-state index is 12.0. The number of hydrogen-bond donors (Lipinski definition) is 1. The Morgan fingerprint density at radius 3 is 2.72 bits per heavy atom. The minimum Gasteiger partial charge on any atom is -0.411 e. The summed E-state index contributed by atoms with van der Waals surface area (Å²) in [4.78, 5) is 12.0. The van der Waals surface area contributed by atoms with Crippen molar-refractivity contribution >= 4 is 29.3 Å². The van der Waals surface area contributed by atoms with Crippen molar-refractivity contribution in [1.29, 1.82) is 0 Å². The van der Waals surface area contributed by atoms with Crippen LogP contribution in [0.5, 0.6) is 0 Å². The first-order valence-corrected chi connectivity index (χ1v) is 9.02. The number of aryl methyl sites for hydroxylation is 1. The minimum atomic E-state index is -0.0919. The molecule has 3 aromatic rings. The second-order valence-corrected chi connectivity index (χ2v) is 6.68. The first kappa shape index (κ1) is 17.5. The molecule has 3 rings (SSSR count). The van der Waals surface area contributed by atoms with Crippen molar-refractivity contribution in [2.75, 3.05) is 5.75 Å². The van der Waals surface area contributed by atoms with E-state index in [0.29, 0.717) is 28.2 Å². The molecule has 1 N–H and O–H groups in total. The molecule has 0 saturated heterocycles. The van der Waals surface area contributed by atoms with Gasteiger partial charge >= 0.3 is 0 Å². The number of halogens is 1. The van der Waals surface area contributed by atoms with E-state index >= 15 is 0 Å². The second kappa shape index (κ2) is 8.18. The molecule has 0 spiro atoms. The number of thioether (sulfide) groups is 1. The van der Waals surface area contributed by atoms with Gasteiger partial charge in [0.05, 0.1) is 16.3 Å². The molecule has 128 valence electrons. The molecule has 7 heteroatoms. The van der Waals surface area contributed by atoms with E-state index in [1.54, 1.807) is 12.1 Å². The van der Waals surface area contributed by atoms with Crippen molar-refractivity contribution in [1.82, 2.24) is 15.5 Å². The van der Waals surface area contributed by atoms with Gasteiger partial charge in [0, 0.05) is 6.54 Å². The molecule has 0 fully saturated rings. The second-order valence-electron chi connectivity index (χ2n) is 5.34. The Hall–Kier alpha value is -2.31. The molecule has 0 saturated carbocycles. The van der Waals surface area contributed by atoms with Gasteiger partial charge in [-0.1, -0.05) is 59.8 Å². The summed E-state index contributed by atoms with van der Waals surface area (Å²) in [5, 5.41) is 11.7. The molecular formula is C18H16ClN3O2S. The van der Waals surface area contributed by atoms with Crippen LogP contribution in [0.4, 0.5) is 0 Å². The molecule has 0 aliphatic rings. The molecule has 1 heterocycles. The van der Waals surface area contributed by atoms with Gasteiger partial charge in [-0.2, -0.15) is 0 Å². The van der Waals surface area contributed by atoms with Gasteiger partial charge in [0.25, 0.3) is 5.22 Å². The van der Waals surface area contributed by atoms with Crippen LogP contribution in [-0.4, -0.2) is 21.9 Å². The van der Waals surface area contributed by atoms with Crippen LogP contribution < -0.4 is 5.32 Å². The largest absolute Gasteiger partial charge is 0.411 e. The zero-order chi connectivity index (χ0) is 17.6. The van der Waals surface area contributed by atoms with E-state index in [2.05, 4.69) is 15.5 Å². The van der Waals surface area contributed by atoms with Gasteiger partial charge in [-0.25, -0.2) is 0 Å². The monoisotopic (exact) mass is 373 g/mol. The Balaban J connectivity index is 1.53. The van der Waals surface area contributed by atoms with Crippen LogP contribution in [-0.2, 0) is 11.3 Å². The number of benzene rings is 2. The molecule has 1 amide bonds. The third-order valence-electron chi connectivity index (χ3n) is 3.57. The van der Waals surface area contributed by atoms with Crippen molar-refractivity contribution in [2.45, 2.75) is 18.7 Å². The lowest BCUT2D eigenvalue weighted by atomic mass is 10.1. The van der Waals surface area contributed by atoms with Crippen molar-refractivity contribution < 1.29 is 9.21 Å². The predicted octanol–water partition coefficient (Wildman–Crippen LogP) is 4.11. The lowest BCUT2D eigenvalue weighted by Crippen LogP contribution is -2.24. The number of hydrogen-bond acceptors (Lipinski definition) is 5. The minimum absolute atomic E-state index is 0.0919. The molecule has 0 atom stereocenters. The first-order valence-electron chi connectivity index (χ1n) is 7.66. The quantitative estimate of drug-likeness (QED) is 0.658. The van der Waals surface area contributed by atoms with Gasteiger partial charge in [0.2, 0.25) is 11.8 Å². The summed E-state index contributed by atoms with van der Waals surface area (Å²) < 4.78 is 5.56. The standard InChI is InChI=1S/C18H16ClN3O2S/c1-12-6-2-3-7-13(12)10-20-16(23)11-25-18-22-21-17(24-18)14-8-4-5-9-15(14)19/h2-9H,10-11H2,1H3,(H,20,23). The van der Waals surface area contributed by atoms with Crippen LogP contribution in [0.15, 0.2) is 58.2 Å². The molecular weight excluding hydrogens is 358 g/mol. The van der Waals surface area contributed by atoms with Gasteiger partial charge in [0.1, 0.15) is 0 Å². The van der Waals surface area contributed by atoms with Gasteiger partial charge < -0.3 is 9.73 Å². The molecule has 0 radical (unpaired) electrons. The Labute approximate surface area is 154 Å². The molecule has 0 unspecified atom stereocenters. The SMILES string of the molecule is Cc1ccccc1CNC(=O)CSc1nnc(-c2ccccc2Cl)o1. The summed E-state index contributed by atoms with van der Waals surface area (Å²) >= 11 is 7.30. The van der Waals surface area contributed by atoms with Crippen molar-refractivity contribution in [3.05, 3.63) is 64.7 Å². The smallest absolute Gasteiger partial charge is 0.277 e. The number of nitrogens with one attached hydrogen (secondary N) is 1. The van der Waals surface area contributed by atoms with E-state index < -0.39 is 0 Å². The fourth-order valence-electron chi connectivity index (χ4n) is 2.19. The van der Waals surface area contributed by atoms with Crippen LogP contribution in [0.2, 0.25) is 5.02 Å². The van der Waals surface area contributed by atoms with Crippen LogP contribution in [0.3, 0.4) is 0 Å². The van der Waals surface area contributed by atoms with E-state index in [9.17, 15) is 4.79 Å². The summed E-state index contributed by atoms with van der Waals surface area (Å²) in [7, 11) is 0. The molecule has 0 aliphatic heterocycles. The van der Waals surface area contributed by atoms with Gasteiger partial charge in [0.15, 0.2) is 0 Å². The fraction of sp³-hybridized carbons (Fsp3) is 0.167. The van der Waals surface area contributed by atoms with Crippen LogP contribution >= 0.6 is 23.4 Å². The lowest BCUT2D eigenvalue weighted by molar-refractivity contribution is -0.118. The topological polar surface area (TPSA) is 68.0 Å². The summed E-state index contributed by atoms with van der Waals surface area (Å²) in [6.45, 7) is 2.52. The third kappa shape index (κ3) is 4.61. The fourth-order valence-corrected chi connectivity index (χ4v) is 3.00. The molecule has 0 aliphatic carbocycles. The normalized spacial score (nSPS) is 10.6. The average Bonchev–Trinajstić information content (AvgIpc) is 3.08. The van der Waals surface area contributed by atoms with Crippen LogP contribution in [0.1, 0.15) is 11.1 Å². The zero-order valence-corrected chi connectivity index (χ0v) is 15.1. The number of carbonyl (C=O) groups is 1. The van der Waals surface area contributed by atoms with Gasteiger partial charge in [-0.15, -0.1) is 10.2 Å². The predicted molar refractivity (Wildman–Crippen MR) is 98.5 cm³/mol. The molecule has 5 nitrogen and oxygen atoms in total. The number of nitrogens with zero attached hydrogens (tertiary/aromatic N) is 2. The Bertz CT molecular complexity index is 882. The summed E-state index contributed by atoms with van der Waals surface area (Å²) in [5.74, 6) is 0.454. The highest BCUT2D eigenvalue weighted by atomic mass is 35.5. The summed E-state index contributed by atoms with van der Waals surface area (Å²) in [6, 6.07) is 15.2. The van der Waals surface area contributed by atoms with E-state index in [-0.39, 0.29) is 11.7 Å². The van der Waals surface area contributed by atoms with Gasteiger partial charge in [-0.3, -0.25) is 4.79 Å². The summed E-state index contributed by atoms with van der Waals surface area (Å²) in [5.41, 5.74) is 2.92. The van der Waals surface area contributed by atoms with Crippen LogP contribution in [0.25, 0.3) is 11.5 Å². The Kier molecular flexibility index (Phi) is 5.73.